The molecule has 0 bridgehead atoms. The van der Waals surface area contributed by atoms with E-state index in [1.54, 1.807) is 4.57 Å². The molecule has 0 aliphatic carbocycles. The summed E-state index contributed by atoms with van der Waals surface area (Å²) in [6.45, 7) is 7.16. The van der Waals surface area contributed by atoms with Crippen molar-refractivity contribution in [2.24, 2.45) is 0 Å². The molecule has 0 fully saturated rings. The van der Waals surface area contributed by atoms with Gasteiger partial charge in [0.05, 0.1) is 22.3 Å². The molecule has 5 rings (SSSR count). The van der Waals surface area contributed by atoms with Crippen molar-refractivity contribution >= 4 is 34.3 Å². The fourth-order valence-corrected chi connectivity index (χ4v) is 5.29. The quantitative estimate of drug-likeness (QED) is 0.302. The molecule has 1 amide bonds. The van der Waals surface area contributed by atoms with E-state index in [-0.39, 0.29) is 17.2 Å². The lowest BCUT2D eigenvalue weighted by atomic mass is 10.1. The molecule has 2 aromatic heterocycles. The standard InChI is InChI=1S/C28H27N5O2S/c1-4-31(17-21-10-6-5-7-11-21)25(34)18-36-28-30-29-27-32(23-15-14-19(2)16-20(23)3)26(35)22-12-8-9-13-24(22)33(27)28/h5-16H,4,17-18H2,1-3H3. The molecule has 0 saturated heterocycles. The maximum atomic E-state index is 13.6. The Labute approximate surface area is 213 Å². The summed E-state index contributed by atoms with van der Waals surface area (Å²) < 4.78 is 3.49. The van der Waals surface area contributed by atoms with Crippen molar-refractivity contribution < 1.29 is 4.79 Å². The predicted molar refractivity (Wildman–Crippen MR) is 144 cm³/mol. The number of amides is 1. The number of carbonyl (C=O) groups excluding carboxylic acids is 1. The minimum atomic E-state index is -0.148. The van der Waals surface area contributed by atoms with Gasteiger partial charge in [0.25, 0.3) is 5.56 Å². The van der Waals surface area contributed by atoms with E-state index in [0.717, 1.165) is 27.9 Å². The van der Waals surface area contributed by atoms with Crippen molar-refractivity contribution in [3.05, 3.63) is 99.8 Å². The molecule has 8 heteroatoms. The maximum Gasteiger partial charge on any atom is 0.267 e. The Morgan fingerprint density at radius 3 is 2.47 bits per heavy atom. The molecule has 0 unspecified atom stereocenters. The van der Waals surface area contributed by atoms with Crippen LogP contribution in [-0.2, 0) is 11.3 Å². The Hall–Kier alpha value is -3.91. The molecule has 0 saturated carbocycles. The monoisotopic (exact) mass is 497 g/mol. The van der Waals surface area contributed by atoms with Gasteiger partial charge in [-0.1, -0.05) is 71.9 Å². The number of benzene rings is 3. The van der Waals surface area contributed by atoms with Gasteiger partial charge in [0.15, 0.2) is 5.16 Å². The molecular formula is C28H27N5O2S. The van der Waals surface area contributed by atoms with Crippen molar-refractivity contribution in [3.8, 4) is 5.69 Å². The molecule has 0 atom stereocenters. The van der Waals surface area contributed by atoms with Gasteiger partial charge < -0.3 is 4.90 Å². The van der Waals surface area contributed by atoms with Gasteiger partial charge in [-0.15, -0.1) is 10.2 Å². The molecule has 0 N–H and O–H groups in total. The van der Waals surface area contributed by atoms with E-state index < -0.39 is 0 Å². The van der Waals surface area contributed by atoms with E-state index in [0.29, 0.717) is 29.4 Å². The highest BCUT2D eigenvalue weighted by Gasteiger charge is 2.20. The second-order valence-electron chi connectivity index (χ2n) is 8.75. The zero-order valence-electron chi connectivity index (χ0n) is 20.5. The van der Waals surface area contributed by atoms with Crippen molar-refractivity contribution in [1.29, 1.82) is 0 Å². The van der Waals surface area contributed by atoms with Crippen LogP contribution in [0, 0.1) is 13.8 Å². The first-order chi connectivity index (χ1) is 17.5. The third-order valence-electron chi connectivity index (χ3n) is 6.26. The zero-order valence-corrected chi connectivity index (χ0v) is 21.3. The minimum absolute atomic E-state index is 0.0232. The summed E-state index contributed by atoms with van der Waals surface area (Å²) in [5.41, 5.74) is 4.52. The fourth-order valence-electron chi connectivity index (χ4n) is 4.44. The summed E-state index contributed by atoms with van der Waals surface area (Å²) in [7, 11) is 0. The van der Waals surface area contributed by atoms with Crippen LogP contribution in [0.25, 0.3) is 22.4 Å². The third kappa shape index (κ3) is 4.40. The summed E-state index contributed by atoms with van der Waals surface area (Å²) in [6.07, 6.45) is 0. The number of carbonyl (C=O) groups is 1. The molecule has 5 aromatic rings. The molecule has 3 aromatic carbocycles. The highest BCUT2D eigenvalue weighted by atomic mass is 32.2. The van der Waals surface area contributed by atoms with Gasteiger partial charge in [0.2, 0.25) is 11.7 Å². The summed E-state index contributed by atoms with van der Waals surface area (Å²) in [5, 5.41) is 9.96. The molecular weight excluding hydrogens is 470 g/mol. The highest BCUT2D eigenvalue weighted by molar-refractivity contribution is 7.99. The molecule has 7 nitrogen and oxygen atoms in total. The van der Waals surface area contributed by atoms with Crippen molar-refractivity contribution in [2.75, 3.05) is 12.3 Å². The number of rotatable bonds is 7. The first kappa shape index (κ1) is 23.8. The lowest BCUT2D eigenvalue weighted by molar-refractivity contribution is -0.128. The van der Waals surface area contributed by atoms with Gasteiger partial charge in [-0.25, -0.2) is 4.57 Å². The molecule has 36 heavy (non-hydrogen) atoms. The van der Waals surface area contributed by atoms with Gasteiger partial charge >= 0.3 is 0 Å². The van der Waals surface area contributed by atoms with Crippen LogP contribution in [0.15, 0.2) is 82.7 Å². The second-order valence-corrected chi connectivity index (χ2v) is 9.69. The highest BCUT2D eigenvalue weighted by Crippen LogP contribution is 2.25. The number of aromatic nitrogens is 4. The Morgan fingerprint density at radius 1 is 0.972 bits per heavy atom. The molecule has 0 spiro atoms. The van der Waals surface area contributed by atoms with Crippen LogP contribution in [0.5, 0.6) is 0 Å². The fraction of sp³-hybridized carbons (Fsp3) is 0.214. The zero-order chi connectivity index (χ0) is 25.2. The molecule has 0 aliphatic heterocycles. The van der Waals surface area contributed by atoms with Crippen molar-refractivity contribution in [1.82, 2.24) is 24.1 Å². The Kier molecular flexibility index (Phi) is 6.61. The van der Waals surface area contributed by atoms with Crippen molar-refractivity contribution in [3.63, 3.8) is 0 Å². The molecule has 182 valence electrons. The lowest BCUT2D eigenvalue weighted by Crippen LogP contribution is -2.31. The Balaban J connectivity index is 1.54. The number of fused-ring (bicyclic) bond motifs is 3. The van der Waals surface area contributed by atoms with Crippen LogP contribution in [-0.4, -0.2) is 42.3 Å². The van der Waals surface area contributed by atoms with Gasteiger partial charge in [-0.3, -0.25) is 14.0 Å². The van der Waals surface area contributed by atoms with Crippen LogP contribution in [0.2, 0.25) is 0 Å². The minimum Gasteiger partial charge on any atom is -0.338 e. The van der Waals surface area contributed by atoms with Gasteiger partial charge in [0.1, 0.15) is 0 Å². The number of hydrogen-bond donors (Lipinski definition) is 0. The summed E-state index contributed by atoms with van der Waals surface area (Å²) in [5.74, 6) is 0.672. The van der Waals surface area contributed by atoms with Gasteiger partial charge in [-0.2, -0.15) is 0 Å². The van der Waals surface area contributed by atoms with E-state index >= 15 is 0 Å². The predicted octanol–water partition coefficient (Wildman–Crippen LogP) is 4.79. The topological polar surface area (TPSA) is 72.5 Å². The summed E-state index contributed by atoms with van der Waals surface area (Å²) in [6, 6.07) is 23.4. The van der Waals surface area contributed by atoms with Gasteiger partial charge in [-0.05, 0) is 50.1 Å². The lowest BCUT2D eigenvalue weighted by Gasteiger charge is -2.20. The Bertz CT molecular complexity index is 1620. The van der Waals surface area contributed by atoms with Crippen LogP contribution >= 0.6 is 11.8 Å². The van der Waals surface area contributed by atoms with Crippen molar-refractivity contribution in [2.45, 2.75) is 32.5 Å². The van der Waals surface area contributed by atoms with E-state index in [9.17, 15) is 9.59 Å². The summed E-state index contributed by atoms with van der Waals surface area (Å²) in [4.78, 5) is 28.5. The number of para-hydroxylation sites is 1. The first-order valence-corrected chi connectivity index (χ1v) is 12.9. The van der Waals surface area contributed by atoms with E-state index in [1.807, 2.05) is 103 Å². The van der Waals surface area contributed by atoms with E-state index in [4.69, 9.17) is 0 Å². The normalized spacial score (nSPS) is 11.3. The van der Waals surface area contributed by atoms with Crippen LogP contribution < -0.4 is 5.56 Å². The Morgan fingerprint density at radius 2 is 1.72 bits per heavy atom. The van der Waals surface area contributed by atoms with E-state index in [1.165, 1.54) is 11.8 Å². The SMILES string of the molecule is CCN(Cc1ccccc1)C(=O)CSc1nnc2n(-c3ccc(C)cc3C)c(=O)c3ccccc3n12. The second kappa shape index (κ2) is 9.99. The number of thioether (sulfide) groups is 1. The average Bonchev–Trinajstić information content (AvgIpc) is 3.31. The van der Waals surface area contributed by atoms with Crippen LogP contribution in [0.4, 0.5) is 0 Å². The first-order valence-electron chi connectivity index (χ1n) is 11.9. The van der Waals surface area contributed by atoms with Crippen LogP contribution in [0.1, 0.15) is 23.6 Å². The molecule has 0 radical (unpaired) electrons. The smallest absolute Gasteiger partial charge is 0.267 e. The average molecular weight is 498 g/mol. The van der Waals surface area contributed by atoms with Gasteiger partial charge in [0, 0.05) is 13.1 Å². The number of aryl methyl sites for hydroxylation is 2. The largest absolute Gasteiger partial charge is 0.338 e. The molecule has 0 aliphatic rings. The van der Waals surface area contributed by atoms with E-state index in [2.05, 4.69) is 10.2 Å². The van der Waals surface area contributed by atoms with Crippen LogP contribution in [0.3, 0.4) is 0 Å². The third-order valence-corrected chi connectivity index (χ3v) is 7.18. The number of hydrogen-bond acceptors (Lipinski definition) is 5. The maximum absolute atomic E-state index is 13.6. The summed E-state index contributed by atoms with van der Waals surface area (Å²) >= 11 is 1.33. The molecule has 2 heterocycles. The number of nitrogens with zero attached hydrogens (tertiary/aromatic N) is 5.